The maximum absolute atomic E-state index is 12.6. The van der Waals surface area contributed by atoms with E-state index in [-0.39, 0.29) is 10.8 Å². The molecule has 0 aromatic heterocycles. The Morgan fingerprint density at radius 1 is 1.16 bits per heavy atom. The number of hydrogen-bond donors (Lipinski definition) is 2. The number of rotatable bonds is 9. The van der Waals surface area contributed by atoms with E-state index >= 15 is 0 Å². The normalized spacial score (nSPS) is 12.7. The summed E-state index contributed by atoms with van der Waals surface area (Å²) < 4.78 is 28.6. The number of nitrogens with zero attached hydrogens (tertiary/aromatic N) is 1. The molecule has 1 aromatic rings. The number of carbonyl (C=O) groups is 1. The highest BCUT2D eigenvalue weighted by Gasteiger charge is 2.26. The van der Waals surface area contributed by atoms with Crippen LogP contribution in [-0.2, 0) is 14.8 Å². The first-order valence-corrected chi connectivity index (χ1v) is 10.9. The number of sulfonamides is 1. The van der Waals surface area contributed by atoms with Gasteiger partial charge in [-0.2, -0.15) is 9.82 Å². The van der Waals surface area contributed by atoms with E-state index in [1.807, 2.05) is 27.7 Å². The maximum atomic E-state index is 12.6. The lowest BCUT2D eigenvalue weighted by atomic mass is 10.0. The molecule has 0 bridgehead atoms. The van der Waals surface area contributed by atoms with Gasteiger partial charge in [-0.15, -0.1) is 0 Å². The van der Waals surface area contributed by atoms with Crippen molar-refractivity contribution in [2.45, 2.75) is 57.9 Å². The number of hydrogen-bond acceptors (Lipinski definition) is 4. The van der Waals surface area contributed by atoms with Gasteiger partial charge >= 0.3 is 0 Å². The molecule has 1 aromatic carbocycles. The molecule has 25 heavy (non-hydrogen) atoms. The molecular weight excluding hydrogens is 453 g/mol. The quantitative estimate of drug-likeness (QED) is 0.324. The van der Waals surface area contributed by atoms with E-state index in [1.165, 1.54) is 12.1 Å². The van der Waals surface area contributed by atoms with Gasteiger partial charge in [-0.05, 0) is 72.0 Å². The minimum Gasteiger partial charge on any atom is -0.271 e. The zero-order valence-electron chi connectivity index (χ0n) is 15.0. The van der Waals surface area contributed by atoms with Crippen molar-refractivity contribution >= 4 is 44.2 Å². The molecule has 6 nitrogen and oxygen atoms in total. The minimum atomic E-state index is -3.78. The summed E-state index contributed by atoms with van der Waals surface area (Å²) in [6.07, 6.45) is 1.86. The molecule has 0 aliphatic heterocycles. The summed E-state index contributed by atoms with van der Waals surface area (Å²) in [6.45, 7) is 7.79. The Morgan fingerprint density at radius 2 is 1.72 bits per heavy atom. The van der Waals surface area contributed by atoms with Gasteiger partial charge in [0.05, 0.1) is 4.90 Å². The maximum Gasteiger partial charge on any atom is 0.258 e. The minimum absolute atomic E-state index is 0.140. The molecule has 0 aliphatic carbocycles. The van der Waals surface area contributed by atoms with Gasteiger partial charge in [0.1, 0.15) is 6.04 Å². The van der Waals surface area contributed by atoms with Gasteiger partial charge in [0.15, 0.2) is 0 Å². The number of halogens is 1. The van der Waals surface area contributed by atoms with Crippen LogP contribution in [0.4, 0.5) is 0 Å². The van der Waals surface area contributed by atoms with Gasteiger partial charge in [0.25, 0.3) is 5.91 Å². The van der Waals surface area contributed by atoms with Crippen LogP contribution in [0, 0.1) is 9.49 Å². The lowest BCUT2D eigenvalue weighted by molar-refractivity contribution is -0.123. The fourth-order valence-corrected chi connectivity index (χ4v) is 3.74. The summed E-state index contributed by atoms with van der Waals surface area (Å²) in [5.74, 6) is -0.293. The fourth-order valence-electron chi connectivity index (χ4n) is 2.17. The highest BCUT2D eigenvalue weighted by molar-refractivity contribution is 14.1. The van der Waals surface area contributed by atoms with Crippen LogP contribution in [0.3, 0.4) is 0 Å². The van der Waals surface area contributed by atoms with Crippen LogP contribution in [0.1, 0.15) is 47.0 Å². The number of hydrazone groups is 1. The predicted molar refractivity (Wildman–Crippen MR) is 109 cm³/mol. The molecule has 140 valence electrons. The number of carbonyl (C=O) groups excluding carboxylic acids is 1. The standard InChI is InChI=1S/C17H26IN3O3S/c1-5-14(6-2)19-20-17(22)16(11-12(3)4)21-25(23,24)15-9-7-13(18)8-10-15/h7-10,12,16,21H,5-6,11H2,1-4H3,(H,20,22)/t16-/m1/s1. The largest absolute Gasteiger partial charge is 0.271 e. The van der Waals surface area contributed by atoms with Crippen molar-refractivity contribution in [2.75, 3.05) is 0 Å². The van der Waals surface area contributed by atoms with Gasteiger partial charge < -0.3 is 0 Å². The second-order valence-electron chi connectivity index (χ2n) is 6.12. The van der Waals surface area contributed by atoms with Crippen molar-refractivity contribution in [3.05, 3.63) is 27.8 Å². The molecule has 0 unspecified atom stereocenters. The van der Waals surface area contributed by atoms with Crippen molar-refractivity contribution < 1.29 is 13.2 Å². The van der Waals surface area contributed by atoms with E-state index in [2.05, 4.69) is 37.8 Å². The molecule has 1 amide bonds. The van der Waals surface area contributed by atoms with E-state index in [0.29, 0.717) is 6.42 Å². The third-order valence-electron chi connectivity index (χ3n) is 3.59. The van der Waals surface area contributed by atoms with Crippen molar-refractivity contribution in [3.8, 4) is 0 Å². The molecule has 0 spiro atoms. The smallest absolute Gasteiger partial charge is 0.258 e. The molecule has 2 N–H and O–H groups in total. The van der Waals surface area contributed by atoms with Crippen molar-refractivity contribution in [2.24, 2.45) is 11.0 Å². The van der Waals surface area contributed by atoms with Crippen LogP contribution in [-0.4, -0.2) is 26.1 Å². The molecule has 1 atom stereocenters. The van der Waals surface area contributed by atoms with Gasteiger partial charge in [-0.25, -0.2) is 13.8 Å². The lowest BCUT2D eigenvalue weighted by Crippen LogP contribution is -2.46. The Hall–Kier alpha value is -1.000. The lowest BCUT2D eigenvalue weighted by Gasteiger charge is -2.19. The molecule has 8 heteroatoms. The van der Waals surface area contributed by atoms with Gasteiger partial charge in [-0.1, -0.05) is 27.7 Å². The van der Waals surface area contributed by atoms with Crippen LogP contribution in [0.2, 0.25) is 0 Å². The highest BCUT2D eigenvalue weighted by atomic mass is 127. The number of amides is 1. The summed E-state index contributed by atoms with van der Waals surface area (Å²) in [4.78, 5) is 12.6. The topological polar surface area (TPSA) is 87.6 Å². The monoisotopic (exact) mass is 479 g/mol. The summed E-state index contributed by atoms with van der Waals surface area (Å²) in [6, 6.07) is 5.61. The Balaban J connectivity index is 2.96. The zero-order valence-corrected chi connectivity index (χ0v) is 18.0. The Morgan fingerprint density at radius 3 is 2.20 bits per heavy atom. The third kappa shape index (κ3) is 7.41. The molecule has 0 radical (unpaired) electrons. The highest BCUT2D eigenvalue weighted by Crippen LogP contribution is 2.14. The SMILES string of the molecule is CCC(CC)=NNC(=O)[C@@H](CC(C)C)NS(=O)(=O)c1ccc(I)cc1. The second kappa shape index (κ2) is 10.2. The summed E-state index contributed by atoms with van der Waals surface area (Å²) >= 11 is 2.11. The van der Waals surface area contributed by atoms with Gasteiger partial charge in [-0.3, -0.25) is 4.79 Å². The van der Waals surface area contributed by atoms with E-state index in [0.717, 1.165) is 22.1 Å². The molecular formula is C17H26IN3O3S. The first-order valence-electron chi connectivity index (χ1n) is 8.32. The third-order valence-corrected chi connectivity index (χ3v) is 5.79. The second-order valence-corrected chi connectivity index (χ2v) is 9.08. The summed E-state index contributed by atoms with van der Waals surface area (Å²) in [5.41, 5.74) is 3.35. The molecule has 0 heterocycles. The van der Waals surface area contributed by atoms with Crippen LogP contribution in [0.5, 0.6) is 0 Å². The zero-order chi connectivity index (χ0) is 19.0. The van der Waals surface area contributed by atoms with E-state index in [4.69, 9.17) is 0 Å². The Kier molecular flexibility index (Phi) is 9.01. The van der Waals surface area contributed by atoms with Crippen LogP contribution in [0.15, 0.2) is 34.3 Å². The van der Waals surface area contributed by atoms with Gasteiger partial charge in [0, 0.05) is 9.28 Å². The predicted octanol–water partition coefficient (Wildman–Crippen LogP) is 3.28. The fraction of sp³-hybridized carbons (Fsp3) is 0.529. The van der Waals surface area contributed by atoms with Crippen LogP contribution < -0.4 is 10.1 Å². The molecule has 0 fully saturated rings. The molecule has 1 rings (SSSR count). The van der Waals surface area contributed by atoms with Crippen LogP contribution >= 0.6 is 22.6 Å². The first kappa shape index (κ1) is 22.0. The summed E-state index contributed by atoms with van der Waals surface area (Å²) in [5, 5.41) is 4.08. The van der Waals surface area contributed by atoms with Crippen molar-refractivity contribution in [1.82, 2.24) is 10.1 Å². The van der Waals surface area contributed by atoms with Crippen molar-refractivity contribution in [3.63, 3.8) is 0 Å². The molecule has 0 aliphatic rings. The van der Waals surface area contributed by atoms with E-state index < -0.39 is 22.0 Å². The number of nitrogens with one attached hydrogen (secondary N) is 2. The van der Waals surface area contributed by atoms with E-state index in [9.17, 15) is 13.2 Å². The van der Waals surface area contributed by atoms with Gasteiger partial charge in [0.2, 0.25) is 10.0 Å². The Bertz CT molecular complexity index is 694. The number of benzene rings is 1. The molecule has 0 saturated carbocycles. The van der Waals surface area contributed by atoms with Crippen LogP contribution in [0.25, 0.3) is 0 Å². The average molecular weight is 479 g/mol. The first-order chi connectivity index (χ1) is 11.7. The molecule has 0 saturated heterocycles. The average Bonchev–Trinajstić information content (AvgIpc) is 2.54. The van der Waals surface area contributed by atoms with E-state index in [1.54, 1.807) is 12.1 Å². The Labute approximate surface area is 164 Å². The summed E-state index contributed by atoms with van der Waals surface area (Å²) in [7, 11) is -3.78. The van der Waals surface area contributed by atoms with Crippen molar-refractivity contribution in [1.29, 1.82) is 0 Å².